The van der Waals surface area contributed by atoms with Gasteiger partial charge in [-0.25, -0.2) is 0 Å². The maximum atomic E-state index is 12.3. The van der Waals surface area contributed by atoms with Crippen LogP contribution in [0.15, 0.2) is 48.5 Å². The number of hydrogen-bond acceptors (Lipinski definition) is 2. The number of amides is 1. The molecule has 0 aliphatic rings. The van der Waals surface area contributed by atoms with Crippen molar-refractivity contribution in [3.8, 4) is 0 Å². The average Bonchev–Trinajstić information content (AvgIpc) is 2.47. The fraction of sp³-hybridized carbons (Fsp3) is 0.278. The van der Waals surface area contributed by atoms with Crippen LogP contribution in [0.2, 0.25) is 0 Å². The lowest BCUT2D eigenvalue weighted by Gasteiger charge is -2.17. The summed E-state index contributed by atoms with van der Waals surface area (Å²) in [6, 6.07) is 14.9. The minimum Gasteiger partial charge on any atom is -0.324 e. The quantitative estimate of drug-likeness (QED) is 0.897. The average molecular weight is 282 g/mol. The minimum absolute atomic E-state index is 0.188. The fourth-order valence-electron chi connectivity index (χ4n) is 2.25. The first-order valence-corrected chi connectivity index (χ1v) is 7.21. The Morgan fingerprint density at radius 1 is 1.05 bits per heavy atom. The fourth-order valence-corrected chi connectivity index (χ4v) is 2.25. The van der Waals surface area contributed by atoms with Crippen LogP contribution in [0, 0.1) is 6.92 Å². The molecule has 3 N–H and O–H groups in total. The Morgan fingerprint density at radius 3 is 2.29 bits per heavy atom. The lowest BCUT2D eigenvalue weighted by molar-refractivity contribution is -0.117. The van der Waals surface area contributed by atoms with E-state index in [1.807, 2.05) is 55.5 Å². The molecule has 21 heavy (non-hydrogen) atoms. The number of nitrogens with one attached hydrogen (secondary N) is 1. The van der Waals surface area contributed by atoms with Crippen molar-refractivity contribution in [1.29, 1.82) is 0 Å². The molecule has 0 aliphatic carbocycles. The number of nitrogens with two attached hydrogens (primary N) is 1. The van der Waals surface area contributed by atoms with Gasteiger partial charge in [-0.3, -0.25) is 4.79 Å². The maximum absolute atomic E-state index is 12.3. The summed E-state index contributed by atoms with van der Waals surface area (Å²) >= 11 is 0. The van der Waals surface area contributed by atoms with Crippen LogP contribution in [0.1, 0.15) is 42.5 Å². The van der Waals surface area contributed by atoms with Crippen LogP contribution >= 0.6 is 0 Å². The Morgan fingerprint density at radius 2 is 1.67 bits per heavy atom. The lowest BCUT2D eigenvalue weighted by atomic mass is 10.0. The number of rotatable bonds is 4. The summed E-state index contributed by atoms with van der Waals surface area (Å²) in [4.78, 5) is 12.3. The topological polar surface area (TPSA) is 55.1 Å². The zero-order valence-corrected chi connectivity index (χ0v) is 12.8. The summed E-state index contributed by atoms with van der Waals surface area (Å²) in [5.74, 6) is 0.157. The highest BCUT2D eigenvalue weighted by molar-refractivity contribution is 5.96. The van der Waals surface area contributed by atoms with Gasteiger partial charge in [-0.2, -0.15) is 0 Å². The van der Waals surface area contributed by atoms with E-state index in [-0.39, 0.29) is 5.91 Å². The van der Waals surface area contributed by atoms with Crippen molar-refractivity contribution in [2.75, 3.05) is 5.32 Å². The summed E-state index contributed by atoms with van der Waals surface area (Å²) in [5, 5.41) is 2.94. The molecule has 2 rings (SSSR count). The van der Waals surface area contributed by atoms with E-state index in [0.29, 0.717) is 5.92 Å². The largest absolute Gasteiger partial charge is 0.324 e. The molecule has 1 atom stereocenters. The number of hydrogen-bond donors (Lipinski definition) is 2. The summed E-state index contributed by atoms with van der Waals surface area (Å²) in [6.07, 6.45) is 0. The van der Waals surface area contributed by atoms with E-state index in [1.54, 1.807) is 0 Å². The Labute approximate surface area is 126 Å². The predicted molar refractivity (Wildman–Crippen MR) is 87.3 cm³/mol. The van der Waals surface area contributed by atoms with Gasteiger partial charge in [0.15, 0.2) is 0 Å². The van der Waals surface area contributed by atoms with Crippen molar-refractivity contribution >= 4 is 11.6 Å². The van der Waals surface area contributed by atoms with Gasteiger partial charge in [0, 0.05) is 5.69 Å². The van der Waals surface area contributed by atoms with Gasteiger partial charge < -0.3 is 11.1 Å². The molecule has 110 valence electrons. The summed E-state index contributed by atoms with van der Waals surface area (Å²) in [6.45, 7) is 6.21. The van der Waals surface area contributed by atoms with Gasteiger partial charge in [-0.1, -0.05) is 61.9 Å². The number of anilines is 1. The van der Waals surface area contributed by atoms with Crippen LogP contribution in [-0.4, -0.2) is 5.91 Å². The highest BCUT2D eigenvalue weighted by atomic mass is 16.2. The van der Waals surface area contributed by atoms with Crippen LogP contribution in [0.3, 0.4) is 0 Å². The first kappa shape index (κ1) is 15.3. The Hall–Kier alpha value is -2.13. The van der Waals surface area contributed by atoms with Crippen molar-refractivity contribution < 1.29 is 4.79 Å². The summed E-state index contributed by atoms with van der Waals surface area (Å²) in [5.41, 5.74) is 9.97. The van der Waals surface area contributed by atoms with Crippen molar-refractivity contribution in [2.45, 2.75) is 32.7 Å². The SMILES string of the molecule is Cc1ccc(C(N)C(=O)Nc2ccccc2C(C)C)cc1. The van der Waals surface area contributed by atoms with E-state index >= 15 is 0 Å². The molecule has 0 saturated carbocycles. The number of aryl methyl sites for hydroxylation is 1. The molecular weight excluding hydrogens is 260 g/mol. The van der Waals surface area contributed by atoms with Crippen LogP contribution in [0.5, 0.6) is 0 Å². The molecular formula is C18H22N2O. The van der Waals surface area contributed by atoms with E-state index in [9.17, 15) is 4.79 Å². The first-order valence-electron chi connectivity index (χ1n) is 7.21. The van der Waals surface area contributed by atoms with Crippen LogP contribution in [0.25, 0.3) is 0 Å². The van der Waals surface area contributed by atoms with E-state index in [1.165, 1.54) is 0 Å². The zero-order valence-electron chi connectivity index (χ0n) is 12.8. The monoisotopic (exact) mass is 282 g/mol. The molecule has 3 heteroatoms. The van der Waals surface area contributed by atoms with Gasteiger partial charge in [0.25, 0.3) is 0 Å². The third-order valence-electron chi connectivity index (χ3n) is 3.56. The molecule has 0 fully saturated rings. The summed E-state index contributed by atoms with van der Waals surface area (Å²) < 4.78 is 0. The molecule has 0 bridgehead atoms. The third-order valence-corrected chi connectivity index (χ3v) is 3.56. The van der Waals surface area contributed by atoms with E-state index in [0.717, 1.165) is 22.4 Å². The molecule has 0 spiro atoms. The van der Waals surface area contributed by atoms with Gasteiger partial charge in [0.1, 0.15) is 6.04 Å². The number of para-hydroxylation sites is 1. The summed E-state index contributed by atoms with van der Waals surface area (Å²) in [7, 11) is 0. The number of carbonyl (C=O) groups excluding carboxylic acids is 1. The zero-order chi connectivity index (χ0) is 15.4. The van der Waals surface area contributed by atoms with E-state index in [2.05, 4.69) is 19.2 Å². The molecule has 1 amide bonds. The molecule has 0 radical (unpaired) electrons. The molecule has 2 aromatic rings. The molecule has 2 aromatic carbocycles. The highest BCUT2D eigenvalue weighted by Crippen LogP contribution is 2.24. The van der Waals surface area contributed by atoms with Gasteiger partial charge in [-0.15, -0.1) is 0 Å². The Bertz CT molecular complexity index is 617. The van der Waals surface area contributed by atoms with Crippen molar-refractivity contribution in [2.24, 2.45) is 5.73 Å². The maximum Gasteiger partial charge on any atom is 0.245 e. The third kappa shape index (κ3) is 3.70. The smallest absolute Gasteiger partial charge is 0.245 e. The molecule has 3 nitrogen and oxygen atoms in total. The van der Waals surface area contributed by atoms with Crippen molar-refractivity contribution in [3.05, 3.63) is 65.2 Å². The molecule has 0 aliphatic heterocycles. The standard InChI is InChI=1S/C18H22N2O/c1-12(2)15-6-4-5-7-16(15)20-18(21)17(19)14-10-8-13(3)9-11-14/h4-12,17H,19H2,1-3H3,(H,20,21). The van der Waals surface area contributed by atoms with Gasteiger partial charge >= 0.3 is 0 Å². The highest BCUT2D eigenvalue weighted by Gasteiger charge is 2.17. The van der Waals surface area contributed by atoms with Crippen LogP contribution in [-0.2, 0) is 4.79 Å². The van der Waals surface area contributed by atoms with Crippen LogP contribution in [0.4, 0.5) is 5.69 Å². The van der Waals surface area contributed by atoms with Crippen LogP contribution < -0.4 is 11.1 Å². The second-order valence-corrected chi connectivity index (χ2v) is 5.62. The molecule has 0 aromatic heterocycles. The Kier molecular flexibility index (Phi) is 4.76. The first-order chi connectivity index (χ1) is 9.99. The molecule has 0 saturated heterocycles. The van der Waals surface area contributed by atoms with Gasteiger partial charge in [0.05, 0.1) is 0 Å². The van der Waals surface area contributed by atoms with Crippen molar-refractivity contribution in [3.63, 3.8) is 0 Å². The second kappa shape index (κ2) is 6.55. The Balaban J connectivity index is 2.16. The lowest BCUT2D eigenvalue weighted by Crippen LogP contribution is -2.28. The van der Waals surface area contributed by atoms with Crippen molar-refractivity contribution in [1.82, 2.24) is 0 Å². The minimum atomic E-state index is -0.661. The van der Waals surface area contributed by atoms with E-state index < -0.39 is 6.04 Å². The predicted octanol–water partition coefficient (Wildman–Crippen LogP) is 3.76. The number of carbonyl (C=O) groups is 1. The number of benzene rings is 2. The van der Waals surface area contributed by atoms with Gasteiger partial charge in [-0.05, 0) is 30.0 Å². The van der Waals surface area contributed by atoms with E-state index in [4.69, 9.17) is 5.73 Å². The second-order valence-electron chi connectivity index (χ2n) is 5.62. The normalized spacial score (nSPS) is 12.2. The molecule has 1 unspecified atom stereocenters. The van der Waals surface area contributed by atoms with Gasteiger partial charge in [0.2, 0.25) is 5.91 Å². The molecule has 0 heterocycles.